The number of rotatable bonds is 3. The summed E-state index contributed by atoms with van der Waals surface area (Å²) in [7, 11) is 0. The summed E-state index contributed by atoms with van der Waals surface area (Å²) in [5.41, 5.74) is 6.06. The van der Waals surface area contributed by atoms with Crippen molar-refractivity contribution in [2.75, 3.05) is 13.2 Å². The molecule has 5 heteroatoms. The fraction of sp³-hybridized carbons (Fsp3) is 0.562. The van der Waals surface area contributed by atoms with Crippen LogP contribution in [0.5, 0.6) is 11.5 Å². The zero-order chi connectivity index (χ0) is 14.7. The summed E-state index contributed by atoms with van der Waals surface area (Å²) < 4.78 is 11.2. The van der Waals surface area contributed by atoms with Gasteiger partial charge < -0.3 is 20.5 Å². The van der Waals surface area contributed by atoms with Gasteiger partial charge in [0.1, 0.15) is 6.61 Å². The molecule has 0 spiro atoms. The average molecular weight is 290 g/mol. The second-order valence-electron chi connectivity index (χ2n) is 6.01. The molecule has 2 aliphatic rings. The van der Waals surface area contributed by atoms with E-state index in [1.807, 2.05) is 18.2 Å². The molecule has 1 saturated carbocycles. The zero-order valence-electron chi connectivity index (χ0n) is 12.1. The lowest BCUT2D eigenvalue weighted by Gasteiger charge is -2.34. The van der Waals surface area contributed by atoms with E-state index in [4.69, 9.17) is 15.2 Å². The van der Waals surface area contributed by atoms with E-state index in [0.717, 1.165) is 25.7 Å². The van der Waals surface area contributed by atoms with E-state index in [1.54, 1.807) is 6.07 Å². The van der Waals surface area contributed by atoms with Gasteiger partial charge in [-0.3, -0.25) is 4.79 Å². The van der Waals surface area contributed by atoms with Gasteiger partial charge in [-0.25, -0.2) is 0 Å². The maximum atomic E-state index is 12.2. The fourth-order valence-electron chi connectivity index (χ4n) is 2.96. The van der Waals surface area contributed by atoms with Crippen molar-refractivity contribution >= 4 is 5.91 Å². The molecule has 3 N–H and O–H groups in total. The minimum atomic E-state index is -0.605. The molecule has 1 aromatic carbocycles. The van der Waals surface area contributed by atoms with E-state index in [9.17, 15) is 4.79 Å². The van der Waals surface area contributed by atoms with Crippen molar-refractivity contribution in [3.05, 3.63) is 24.3 Å². The molecule has 1 fully saturated rings. The number of hydrogen-bond donors (Lipinski definition) is 2. The molecule has 3 rings (SSSR count). The topological polar surface area (TPSA) is 73.6 Å². The number of amides is 1. The lowest BCUT2D eigenvalue weighted by atomic mass is 9.82. The Morgan fingerprint density at radius 1 is 1.24 bits per heavy atom. The van der Waals surface area contributed by atoms with Gasteiger partial charge in [-0.1, -0.05) is 31.4 Å². The Balaban J connectivity index is 1.55. The third-order valence-corrected chi connectivity index (χ3v) is 4.27. The third kappa shape index (κ3) is 3.29. The van der Waals surface area contributed by atoms with Crippen molar-refractivity contribution in [1.29, 1.82) is 0 Å². The quantitative estimate of drug-likeness (QED) is 0.887. The molecule has 1 unspecified atom stereocenters. The molecule has 5 nitrogen and oxygen atoms in total. The van der Waals surface area contributed by atoms with Crippen LogP contribution in [-0.2, 0) is 4.79 Å². The predicted octanol–water partition coefficient (Wildman–Crippen LogP) is 1.60. The van der Waals surface area contributed by atoms with Crippen LogP contribution in [-0.4, -0.2) is 30.7 Å². The molecule has 114 valence electrons. The molecule has 1 aliphatic carbocycles. The highest BCUT2D eigenvalue weighted by atomic mass is 16.6. The van der Waals surface area contributed by atoms with Crippen LogP contribution in [0.2, 0.25) is 0 Å². The fourth-order valence-corrected chi connectivity index (χ4v) is 2.96. The summed E-state index contributed by atoms with van der Waals surface area (Å²) in [4.78, 5) is 12.2. The number of nitrogens with two attached hydrogens (primary N) is 1. The highest BCUT2D eigenvalue weighted by molar-refractivity contribution is 5.81. The number of carbonyl (C=O) groups is 1. The standard InChI is InChI=1S/C16H22N2O3/c17-16(8-4-1-5-9-16)11-18-15(19)14-10-20-12-6-2-3-7-13(12)21-14/h2-3,6-7,14H,1,4-5,8-11,17H2,(H,18,19). The summed E-state index contributed by atoms with van der Waals surface area (Å²) in [5.74, 6) is 1.15. The van der Waals surface area contributed by atoms with Gasteiger partial charge in [0.15, 0.2) is 11.5 Å². The molecule has 0 aromatic heterocycles. The smallest absolute Gasteiger partial charge is 0.264 e. The molecule has 1 aromatic rings. The molecular weight excluding hydrogens is 268 g/mol. The van der Waals surface area contributed by atoms with Crippen molar-refractivity contribution < 1.29 is 14.3 Å². The van der Waals surface area contributed by atoms with Gasteiger partial charge in [0.2, 0.25) is 6.10 Å². The van der Waals surface area contributed by atoms with Crippen LogP contribution in [0.25, 0.3) is 0 Å². The van der Waals surface area contributed by atoms with Crippen LogP contribution >= 0.6 is 0 Å². The first-order valence-electron chi connectivity index (χ1n) is 7.61. The molecule has 0 radical (unpaired) electrons. The van der Waals surface area contributed by atoms with Gasteiger partial charge in [0.25, 0.3) is 5.91 Å². The van der Waals surface area contributed by atoms with E-state index < -0.39 is 6.10 Å². The lowest BCUT2D eigenvalue weighted by Crippen LogP contribution is -2.54. The summed E-state index contributed by atoms with van der Waals surface area (Å²) >= 11 is 0. The average Bonchev–Trinajstić information content (AvgIpc) is 2.53. The highest BCUT2D eigenvalue weighted by Crippen LogP contribution is 2.31. The minimum Gasteiger partial charge on any atom is -0.485 e. The molecule has 1 atom stereocenters. The first-order chi connectivity index (χ1) is 10.2. The van der Waals surface area contributed by atoms with Crippen molar-refractivity contribution in [2.45, 2.75) is 43.7 Å². The molecular formula is C16H22N2O3. The Bertz CT molecular complexity index is 512. The van der Waals surface area contributed by atoms with Crippen LogP contribution in [0.1, 0.15) is 32.1 Å². The molecule has 0 bridgehead atoms. The van der Waals surface area contributed by atoms with E-state index >= 15 is 0 Å². The van der Waals surface area contributed by atoms with Gasteiger partial charge >= 0.3 is 0 Å². The van der Waals surface area contributed by atoms with Gasteiger partial charge in [0.05, 0.1) is 0 Å². The van der Waals surface area contributed by atoms with E-state index in [2.05, 4.69) is 5.32 Å². The first kappa shape index (κ1) is 14.2. The van der Waals surface area contributed by atoms with Gasteiger partial charge in [-0.2, -0.15) is 0 Å². The summed E-state index contributed by atoms with van der Waals surface area (Å²) in [6, 6.07) is 7.38. The maximum Gasteiger partial charge on any atom is 0.264 e. The third-order valence-electron chi connectivity index (χ3n) is 4.27. The second kappa shape index (κ2) is 5.93. The summed E-state index contributed by atoms with van der Waals surface area (Å²) in [6.07, 6.45) is 4.86. The van der Waals surface area contributed by atoms with Crippen LogP contribution in [0.15, 0.2) is 24.3 Å². The Morgan fingerprint density at radius 3 is 2.71 bits per heavy atom. The molecule has 1 aliphatic heterocycles. The predicted molar refractivity (Wildman–Crippen MR) is 79.4 cm³/mol. The van der Waals surface area contributed by atoms with E-state index in [1.165, 1.54) is 6.42 Å². The lowest BCUT2D eigenvalue weighted by molar-refractivity contribution is -0.130. The van der Waals surface area contributed by atoms with E-state index in [-0.39, 0.29) is 18.1 Å². The van der Waals surface area contributed by atoms with Crippen molar-refractivity contribution in [2.24, 2.45) is 5.73 Å². The van der Waals surface area contributed by atoms with Crippen molar-refractivity contribution in [3.8, 4) is 11.5 Å². The second-order valence-corrected chi connectivity index (χ2v) is 6.01. The Kier molecular flexibility index (Phi) is 4.01. The zero-order valence-corrected chi connectivity index (χ0v) is 12.1. The number of fused-ring (bicyclic) bond motifs is 1. The normalized spacial score (nSPS) is 23.4. The number of benzene rings is 1. The van der Waals surface area contributed by atoms with Crippen LogP contribution in [0.4, 0.5) is 0 Å². The highest BCUT2D eigenvalue weighted by Gasteiger charge is 2.31. The van der Waals surface area contributed by atoms with Crippen LogP contribution in [0.3, 0.4) is 0 Å². The van der Waals surface area contributed by atoms with Crippen LogP contribution in [0, 0.1) is 0 Å². The minimum absolute atomic E-state index is 0.153. The molecule has 1 amide bonds. The van der Waals surface area contributed by atoms with Gasteiger partial charge in [-0.05, 0) is 25.0 Å². The number of nitrogens with one attached hydrogen (secondary N) is 1. The number of ether oxygens (including phenoxy) is 2. The Labute approximate surface area is 124 Å². The molecule has 21 heavy (non-hydrogen) atoms. The van der Waals surface area contributed by atoms with Crippen molar-refractivity contribution in [3.63, 3.8) is 0 Å². The molecule has 0 saturated heterocycles. The van der Waals surface area contributed by atoms with Crippen LogP contribution < -0.4 is 20.5 Å². The first-order valence-corrected chi connectivity index (χ1v) is 7.61. The number of carbonyl (C=O) groups excluding carboxylic acids is 1. The SMILES string of the molecule is NC1(CNC(=O)C2COc3ccccc3O2)CCCCC1. The maximum absolute atomic E-state index is 12.2. The van der Waals surface area contributed by atoms with Gasteiger partial charge in [0, 0.05) is 12.1 Å². The summed E-state index contributed by atoms with van der Waals surface area (Å²) in [5, 5.41) is 2.92. The van der Waals surface area contributed by atoms with Gasteiger partial charge in [-0.15, -0.1) is 0 Å². The monoisotopic (exact) mass is 290 g/mol. The largest absolute Gasteiger partial charge is 0.485 e. The number of para-hydroxylation sites is 2. The van der Waals surface area contributed by atoms with Crippen molar-refractivity contribution in [1.82, 2.24) is 5.32 Å². The number of hydrogen-bond acceptors (Lipinski definition) is 4. The Morgan fingerprint density at radius 2 is 1.95 bits per heavy atom. The Hall–Kier alpha value is -1.75. The molecule has 1 heterocycles. The van der Waals surface area contributed by atoms with E-state index in [0.29, 0.717) is 18.0 Å². The summed E-state index contributed by atoms with van der Waals surface area (Å²) in [6.45, 7) is 0.744.